The van der Waals surface area contributed by atoms with Crippen LogP contribution in [-0.2, 0) is 11.2 Å². The Hall–Kier alpha value is -3.43. The third kappa shape index (κ3) is 8.10. The van der Waals surface area contributed by atoms with E-state index in [1.165, 1.54) is 37.7 Å². The minimum atomic E-state index is 0.282. The molecule has 2 aromatic carbocycles. The standard InChI is InChI=1S/C38H43ClN2O/c1-3-29-18-21-34(22-19-29)41-27-37(33-20-23-36(39)28(2)24-33)40-38(41)26-35(42)25-32-13-9-12-31(16-17-32)15-14-30-10-7-5-4-6-8-11-30/h3-5,7,10-11,18-24,27,31-32H,1,6,8-9,12-17,25-26H2,2H3. The van der Waals surface area contributed by atoms with Crippen LogP contribution in [0.5, 0.6) is 0 Å². The van der Waals surface area contributed by atoms with Gasteiger partial charge in [0.25, 0.3) is 0 Å². The lowest BCUT2D eigenvalue weighted by atomic mass is 9.90. The van der Waals surface area contributed by atoms with Crippen LogP contribution < -0.4 is 0 Å². The Morgan fingerprint density at radius 3 is 2.67 bits per heavy atom. The number of carbonyl (C=O) groups excluding carboxylic acids is 1. The Bertz CT molecular complexity index is 1470. The second-order valence-electron chi connectivity index (χ2n) is 12.0. The van der Waals surface area contributed by atoms with Crippen molar-refractivity contribution in [2.45, 2.75) is 77.6 Å². The van der Waals surface area contributed by atoms with Crippen molar-refractivity contribution in [3.05, 3.63) is 113 Å². The molecule has 4 heteroatoms. The zero-order valence-electron chi connectivity index (χ0n) is 24.9. The number of imidazole rings is 1. The summed E-state index contributed by atoms with van der Waals surface area (Å²) in [6, 6.07) is 14.2. The van der Waals surface area contributed by atoms with Crippen molar-refractivity contribution in [2.75, 3.05) is 0 Å². The van der Waals surface area contributed by atoms with Crippen LogP contribution in [0, 0.1) is 18.8 Å². The van der Waals surface area contributed by atoms with Gasteiger partial charge in [-0.3, -0.25) is 4.79 Å². The minimum Gasteiger partial charge on any atom is -0.303 e. The van der Waals surface area contributed by atoms with Crippen LogP contribution in [0.3, 0.4) is 0 Å². The second kappa shape index (κ2) is 14.6. The van der Waals surface area contributed by atoms with E-state index in [-0.39, 0.29) is 5.78 Å². The minimum absolute atomic E-state index is 0.282. The van der Waals surface area contributed by atoms with Gasteiger partial charge in [-0.25, -0.2) is 4.98 Å². The number of carbonyl (C=O) groups is 1. The van der Waals surface area contributed by atoms with E-state index < -0.39 is 0 Å². The number of benzene rings is 2. The first-order chi connectivity index (χ1) is 20.5. The van der Waals surface area contributed by atoms with E-state index >= 15 is 0 Å². The Balaban J connectivity index is 1.24. The van der Waals surface area contributed by atoms with Crippen LogP contribution in [0.2, 0.25) is 5.02 Å². The largest absolute Gasteiger partial charge is 0.303 e. The van der Waals surface area contributed by atoms with Crippen molar-refractivity contribution in [3.8, 4) is 16.9 Å². The van der Waals surface area contributed by atoms with Gasteiger partial charge in [0.05, 0.1) is 12.1 Å². The van der Waals surface area contributed by atoms with Crippen molar-refractivity contribution in [1.82, 2.24) is 9.55 Å². The number of nitrogens with zero attached hydrogens (tertiary/aromatic N) is 2. The molecule has 2 atom stereocenters. The van der Waals surface area contributed by atoms with Gasteiger partial charge in [0.15, 0.2) is 0 Å². The highest BCUT2D eigenvalue weighted by molar-refractivity contribution is 6.31. The van der Waals surface area contributed by atoms with Gasteiger partial charge >= 0.3 is 0 Å². The molecule has 1 aromatic heterocycles. The normalized spacial score (nSPS) is 19.0. The number of halogens is 1. The number of Topliss-reactive ketones (excluding diaryl/α,β-unsaturated/α-hetero) is 1. The molecule has 3 aromatic rings. The number of ketones is 1. The third-order valence-corrected chi connectivity index (χ3v) is 9.28. The van der Waals surface area contributed by atoms with E-state index in [9.17, 15) is 4.79 Å². The number of hydrogen-bond acceptors (Lipinski definition) is 2. The molecule has 42 heavy (non-hydrogen) atoms. The van der Waals surface area contributed by atoms with Crippen LogP contribution in [0.1, 0.15) is 81.2 Å². The summed E-state index contributed by atoms with van der Waals surface area (Å²) >= 11 is 6.29. The highest BCUT2D eigenvalue weighted by atomic mass is 35.5. The lowest BCUT2D eigenvalue weighted by Gasteiger charge is -2.16. The summed E-state index contributed by atoms with van der Waals surface area (Å²) in [6.45, 7) is 5.88. The molecule has 2 aliphatic carbocycles. The molecule has 1 fully saturated rings. The van der Waals surface area contributed by atoms with Gasteiger partial charge in [-0.2, -0.15) is 0 Å². The van der Waals surface area contributed by atoms with Crippen LogP contribution in [-0.4, -0.2) is 15.3 Å². The smallest absolute Gasteiger partial charge is 0.140 e. The van der Waals surface area contributed by atoms with E-state index in [1.807, 2.05) is 43.5 Å². The fourth-order valence-electron chi connectivity index (χ4n) is 6.34. The van der Waals surface area contributed by atoms with Crippen LogP contribution in [0.4, 0.5) is 0 Å². The number of allylic oxidation sites excluding steroid dienone is 6. The van der Waals surface area contributed by atoms with E-state index in [0.29, 0.717) is 18.8 Å². The molecule has 0 radical (unpaired) electrons. The summed E-state index contributed by atoms with van der Waals surface area (Å²) in [5.41, 5.74) is 6.41. The molecule has 0 N–H and O–H groups in total. The van der Waals surface area contributed by atoms with Gasteiger partial charge in [-0.1, -0.05) is 104 Å². The van der Waals surface area contributed by atoms with Gasteiger partial charge in [0.2, 0.25) is 0 Å². The molecule has 0 aliphatic heterocycles. The predicted octanol–water partition coefficient (Wildman–Crippen LogP) is 10.5. The Morgan fingerprint density at radius 2 is 1.86 bits per heavy atom. The molecule has 3 nitrogen and oxygen atoms in total. The molecule has 1 saturated carbocycles. The topological polar surface area (TPSA) is 34.9 Å². The van der Waals surface area contributed by atoms with Crippen molar-refractivity contribution in [1.29, 1.82) is 0 Å². The highest BCUT2D eigenvalue weighted by Crippen LogP contribution is 2.33. The molecule has 5 rings (SSSR count). The second-order valence-corrected chi connectivity index (χ2v) is 12.4. The molecular formula is C38H43ClN2O. The first-order valence-electron chi connectivity index (χ1n) is 15.6. The lowest BCUT2D eigenvalue weighted by molar-refractivity contribution is -0.119. The summed E-state index contributed by atoms with van der Waals surface area (Å²) in [5, 5.41) is 0.741. The number of hydrogen-bond donors (Lipinski definition) is 0. The average molecular weight is 579 g/mol. The van der Waals surface area contributed by atoms with Crippen LogP contribution >= 0.6 is 11.6 Å². The fourth-order valence-corrected chi connectivity index (χ4v) is 6.46. The van der Waals surface area contributed by atoms with Gasteiger partial charge in [0, 0.05) is 28.9 Å². The van der Waals surface area contributed by atoms with Crippen molar-refractivity contribution in [2.24, 2.45) is 11.8 Å². The van der Waals surface area contributed by atoms with Crippen molar-refractivity contribution in [3.63, 3.8) is 0 Å². The highest BCUT2D eigenvalue weighted by Gasteiger charge is 2.23. The maximum atomic E-state index is 13.5. The van der Waals surface area contributed by atoms with Crippen LogP contribution in [0.15, 0.2) is 91.2 Å². The molecule has 0 bridgehead atoms. The van der Waals surface area contributed by atoms with E-state index in [2.05, 4.69) is 59.7 Å². The maximum Gasteiger partial charge on any atom is 0.140 e. The number of aryl methyl sites for hydroxylation is 1. The monoisotopic (exact) mass is 578 g/mol. The fraction of sp³-hybridized carbons (Fsp3) is 0.368. The maximum absolute atomic E-state index is 13.5. The zero-order chi connectivity index (χ0) is 29.3. The van der Waals surface area contributed by atoms with Crippen molar-refractivity contribution < 1.29 is 4.79 Å². The van der Waals surface area contributed by atoms with Crippen LogP contribution in [0.25, 0.3) is 23.0 Å². The third-order valence-electron chi connectivity index (χ3n) is 8.86. The Morgan fingerprint density at radius 1 is 1.05 bits per heavy atom. The van der Waals surface area contributed by atoms with Crippen molar-refractivity contribution >= 4 is 23.5 Å². The molecule has 0 saturated heterocycles. The summed E-state index contributed by atoms with van der Waals surface area (Å²) in [6.07, 6.45) is 26.9. The van der Waals surface area contributed by atoms with Gasteiger partial charge in [-0.15, -0.1) is 0 Å². The summed E-state index contributed by atoms with van der Waals surface area (Å²) < 4.78 is 2.07. The molecule has 0 amide bonds. The molecule has 218 valence electrons. The molecule has 1 heterocycles. The SMILES string of the molecule is C=Cc1ccc(-n2cc(-c3ccc(Cl)c(C)c3)nc2CC(=O)CC2CCCC(CCC3=CCCC=CC=C3)CC2)cc1. The number of aromatic nitrogens is 2. The number of rotatable bonds is 10. The first kappa shape index (κ1) is 30.0. The predicted molar refractivity (Wildman–Crippen MR) is 177 cm³/mol. The summed E-state index contributed by atoms with van der Waals surface area (Å²) in [7, 11) is 0. The first-order valence-corrected chi connectivity index (χ1v) is 16.0. The Labute approximate surface area is 256 Å². The summed E-state index contributed by atoms with van der Waals surface area (Å²) in [4.78, 5) is 18.5. The summed E-state index contributed by atoms with van der Waals surface area (Å²) in [5.74, 6) is 2.31. The molecule has 2 unspecified atom stereocenters. The van der Waals surface area contributed by atoms with E-state index in [4.69, 9.17) is 16.6 Å². The lowest BCUT2D eigenvalue weighted by Crippen LogP contribution is -2.13. The average Bonchev–Trinajstić information content (AvgIpc) is 3.26. The molecule has 2 aliphatic rings. The quantitative estimate of drug-likeness (QED) is 0.224. The van der Waals surface area contributed by atoms with E-state index in [1.54, 1.807) is 0 Å². The van der Waals surface area contributed by atoms with Gasteiger partial charge < -0.3 is 4.57 Å². The molecule has 0 spiro atoms. The van der Waals surface area contributed by atoms with Gasteiger partial charge in [-0.05, 0) is 86.3 Å². The molecular weight excluding hydrogens is 536 g/mol. The zero-order valence-corrected chi connectivity index (χ0v) is 25.7. The van der Waals surface area contributed by atoms with Gasteiger partial charge in [0.1, 0.15) is 11.6 Å². The Kier molecular flexibility index (Phi) is 10.5. The van der Waals surface area contributed by atoms with E-state index in [0.717, 1.165) is 70.5 Å².